The predicted octanol–water partition coefficient (Wildman–Crippen LogP) is 0.459. The van der Waals surface area contributed by atoms with Crippen LogP contribution < -0.4 is 15.4 Å². The Balaban J connectivity index is 2.41. The highest BCUT2D eigenvalue weighted by Gasteiger charge is 2.26. The number of benzene rings is 1. The molecular formula is C12H14N2O4. The lowest BCUT2D eigenvalue weighted by molar-refractivity contribution is -0.118. The average molecular weight is 250 g/mol. The second-order valence-corrected chi connectivity index (χ2v) is 3.89. The first kappa shape index (κ1) is 12.4. The van der Waals surface area contributed by atoms with Crippen molar-refractivity contribution in [2.45, 2.75) is 6.42 Å². The second-order valence-electron chi connectivity index (χ2n) is 3.89. The van der Waals surface area contributed by atoms with Gasteiger partial charge in [0.25, 0.3) is 0 Å². The van der Waals surface area contributed by atoms with E-state index in [-0.39, 0.29) is 36.8 Å². The number of hydrogen-bond acceptors (Lipinski definition) is 4. The Bertz CT molecular complexity index is 487. The highest BCUT2D eigenvalue weighted by Crippen LogP contribution is 2.35. The molecule has 18 heavy (non-hydrogen) atoms. The molecule has 3 N–H and O–H groups in total. The molecule has 1 aromatic rings. The van der Waals surface area contributed by atoms with Crippen LogP contribution >= 0.6 is 0 Å². The maximum atomic E-state index is 11.9. The Kier molecular flexibility index (Phi) is 3.47. The van der Waals surface area contributed by atoms with Crippen LogP contribution in [0, 0.1) is 0 Å². The fourth-order valence-corrected chi connectivity index (χ4v) is 1.93. The third kappa shape index (κ3) is 2.14. The Morgan fingerprint density at radius 1 is 1.44 bits per heavy atom. The summed E-state index contributed by atoms with van der Waals surface area (Å²) in [4.78, 5) is 24.5. The van der Waals surface area contributed by atoms with Gasteiger partial charge in [0.15, 0.2) is 5.75 Å². The van der Waals surface area contributed by atoms with E-state index in [9.17, 15) is 9.59 Å². The maximum Gasteiger partial charge on any atom is 0.339 e. The summed E-state index contributed by atoms with van der Waals surface area (Å²) < 4.78 is 5.37. The minimum atomic E-state index is -1.07. The number of fused-ring (bicyclic) bond motifs is 1. The van der Waals surface area contributed by atoms with E-state index in [2.05, 4.69) is 0 Å². The summed E-state index contributed by atoms with van der Waals surface area (Å²) in [5, 5.41) is 9.07. The fourth-order valence-electron chi connectivity index (χ4n) is 1.93. The van der Waals surface area contributed by atoms with Crippen molar-refractivity contribution < 1.29 is 19.4 Å². The summed E-state index contributed by atoms with van der Waals surface area (Å²) in [6.07, 6.45) is 0.233. The van der Waals surface area contributed by atoms with Gasteiger partial charge >= 0.3 is 5.97 Å². The van der Waals surface area contributed by atoms with Crippen LogP contribution in [0.3, 0.4) is 0 Å². The smallest absolute Gasteiger partial charge is 0.339 e. The average Bonchev–Trinajstić information content (AvgIpc) is 2.37. The van der Waals surface area contributed by atoms with Crippen LogP contribution in [0.25, 0.3) is 0 Å². The van der Waals surface area contributed by atoms with Crippen molar-refractivity contribution in [2.24, 2.45) is 5.73 Å². The molecule has 0 aliphatic carbocycles. The van der Waals surface area contributed by atoms with Gasteiger partial charge in [0.1, 0.15) is 12.2 Å². The third-order valence-electron chi connectivity index (χ3n) is 2.74. The van der Waals surface area contributed by atoms with Crippen molar-refractivity contribution >= 4 is 17.6 Å². The molecule has 0 fully saturated rings. The van der Waals surface area contributed by atoms with Crippen LogP contribution in [0.15, 0.2) is 18.2 Å². The number of carboxylic acid groups (broad SMARTS) is 1. The van der Waals surface area contributed by atoms with Gasteiger partial charge in [0.2, 0.25) is 5.91 Å². The molecule has 1 aromatic carbocycles. The Hall–Kier alpha value is -2.08. The number of hydrogen-bond donors (Lipinski definition) is 2. The molecule has 1 heterocycles. The highest BCUT2D eigenvalue weighted by molar-refractivity contribution is 6.00. The number of para-hydroxylation sites is 1. The Labute approximate surface area is 104 Å². The van der Waals surface area contributed by atoms with Crippen LogP contribution in [0.1, 0.15) is 16.8 Å². The number of carbonyl (C=O) groups excluding carboxylic acids is 1. The number of carboxylic acids is 1. The Morgan fingerprint density at radius 2 is 2.22 bits per heavy atom. The first-order chi connectivity index (χ1) is 8.65. The number of ether oxygens (including phenoxy) is 1. The number of amides is 1. The van der Waals surface area contributed by atoms with Gasteiger partial charge in [-0.25, -0.2) is 4.79 Å². The molecule has 1 amide bonds. The van der Waals surface area contributed by atoms with Crippen LogP contribution in [-0.2, 0) is 4.79 Å². The van der Waals surface area contributed by atoms with Crippen molar-refractivity contribution in [3.8, 4) is 5.75 Å². The molecule has 96 valence electrons. The lowest BCUT2D eigenvalue weighted by Gasteiger charge is -2.30. The number of nitrogens with two attached hydrogens (primary N) is 1. The number of anilines is 1. The lowest BCUT2D eigenvalue weighted by atomic mass is 10.1. The zero-order valence-corrected chi connectivity index (χ0v) is 9.76. The second kappa shape index (κ2) is 5.05. The van der Waals surface area contributed by atoms with E-state index >= 15 is 0 Å². The largest absolute Gasteiger partial charge is 0.489 e. The molecule has 0 unspecified atom stereocenters. The standard InChI is InChI=1S/C12H14N2O4/c13-5-4-10(15)14-6-7-18-11-8(12(16)17)2-1-3-9(11)14/h1-3H,4-7,13H2,(H,16,17). The molecule has 1 aliphatic heterocycles. The molecule has 0 saturated heterocycles. The molecule has 0 atom stereocenters. The van der Waals surface area contributed by atoms with Gasteiger partial charge in [0, 0.05) is 13.0 Å². The van der Waals surface area contributed by atoms with Crippen molar-refractivity contribution in [3.05, 3.63) is 23.8 Å². The van der Waals surface area contributed by atoms with E-state index in [0.29, 0.717) is 12.2 Å². The van der Waals surface area contributed by atoms with Gasteiger partial charge in [-0.05, 0) is 12.1 Å². The lowest BCUT2D eigenvalue weighted by Crippen LogP contribution is -2.39. The number of carbonyl (C=O) groups is 2. The van der Waals surface area contributed by atoms with Gasteiger partial charge in [0.05, 0.1) is 12.2 Å². The minimum absolute atomic E-state index is 0.0674. The van der Waals surface area contributed by atoms with Crippen LogP contribution in [-0.4, -0.2) is 36.7 Å². The number of aromatic carboxylic acids is 1. The molecule has 0 aromatic heterocycles. The van der Waals surface area contributed by atoms with E-state index in [1.54, 1.807) is 12.1 Å². The van der Waals surface area contributed by atoms with Gasteiger partial charge < -0.3 is 20.5 Å². The first-order valence-electron chi connectivity index (χ1n) is 5.64. The van der Waals surface area contributed by atoms with E-state index in [1.807, 2.05) is 0 Å². The SMILES string of the molecule is NCCC(=O)N1CCOc2c(C(=O)O)cccc21. The molecule has 0 saturated carbocycles. The Morgan fingerprint density at radius 3 is 2.89 bits per heavy atom. The van der Waals surface area contributed by atoms with Crippen LogP contribution in [0.5, 0.6) is 5.75 Å². The summed E-state index contributed by atoms with van der Waals surface area (Å²) in [5.41, 5.74) is 5.93. The molecular weight excluding hydrogens is 236 g/mol. The molecule has 1 aliphatic rings. The van der Waals surface area contributed by atoms with E-state index < -0.39 is 5.97 Å². The van der Waals surface area contributed by atoms with E-state index in [0.717, 1.165) is 0 Å². The monoisotopic (exact) mass is 250 g/mol. The number of nitrogens with zero attached hydrogens (tertiary/aromatic N) is 1. The first-order valence-corrected chi connectivity index (χ1v) is 5.64. The molecule has 6 heteroatoms. The van der Waals surface area contributed by atoms with Crippen molar-refractivity contribution in [2.75, 3.05) is 24.6 Å². The summed E-state index contributed by atoms with van der Waals surface area (Å²) in [5.74, 6) is -0.939. The fraction of sp³-hybridized carbons (Fsp3) is 0.333. The van der Waals surface area contributed by atoms with E-state index in [1.165, 1.54) is 11.0 Å². The highest BCUT2D eigenvalue weighted by atomic mass is 16.5. The van der Waals surface area contributed by atoms with Crippen molar-refractivity contribution in [1.29, 1.82) is 0 Å². The quantitative estimate of drug-likeness (QED) is 0.812. The van der Waals surface area contributed by atoms with Gasteiger partial charge in [-0.3, -0.25) is 4.79 Å². The summed E-state index contributed by atoms with van der Waals surface area (Å²) in [6, 6.07) is 4.73. The minimum Gasteiger partial charge on any atom is -0.489 e. The molecule has 6 nitrogen and oxygen atoms in total. The topological polar surface area (TPSA) is 92.9 Å². The van der Waals surface area contributed by atoms with E-state index in [4.69, 9.17) is 15.6 Å². The third-order valence-corrected chi connectivity index (χ3v) is 2.74. The van der Waals surface area contributed by atoms with Gasteiger partial charge in [-0.1, -0.05) is 6.07 Å². The zero-order valence-electron chi connectivity index (χ0n) is 9.76. The summed E-state index contributed by atoms with van der Waals surface area (Å²) in [6.45, 7) is 0.965. The van der Waals surface area contributed by atoms with Gasteiger partial charge in [-0.2, -0.15) is 0 Å². The maximum absolute atomic E-state index is 11.9. The normalized spacial score (nSPS) is 13.7. The van der Waals surface area contributed by atoms with Crippen molar-refractivity contribution in [3.63, 3.8) is 0 Å². The number of rotatable bonds is 3. The predicted molar refractivity (Wildman–Crippen MR) is 64.9 cm³/mol. The zero-order chi connectivity index (χ0) is 13.1. The van der Waals surface area contributed by atoms with Gasteiger partial charge in [-0.15, -0.1) is 0 Å². The molecule has 0 radical (unpaired) electrons. The molecule has 2 rings (SSSR count). The van der Waals surface area contributed by atoms with Crippen LogP contribution in [0.2, 0.25) is 0 Å². The summed E-state index contributed by atoms with van der Waals surface area (Å²) >= 11 is 0. The van der Waals surface area contributed by atoms with Crippen molar-refractivity contribution in [1.82, 2.24) is 0 Å². The summed E-state index contributed by atoms with van der Waals surface area (Å²) in [7, 11) is 0. The molecule has 0 spiro atoms. The van der Waals surface area contributed by atoms with Crippen LogP contribution in [0.4, 0.5) is 5.69 Å². The molecule has 0 bridgehead atoms.